The van der Waals surface area contributed by atoms with Crippen LogP contribution in [0.4, 0.5) is 4.79 Å². The molecule has 64 valence electrons. The van der Waals surface area contributed by atoms with E-state index in [0.29, 0.717) is 0 Å². The summed E-state index contributed by atoms with van der Waals surface area (Å²) in [5.41, 5.74) is 0. The summed E-state index contributed by atoms with van der Waals surface area (Å²) in [6.45, 7) is 3.37. The Morgan fingerprint density at radius 1 is 1.45 bits per heavy atom. The lowest BCUT2D eigenvalue weighted by Gasteiger charge is -2.15. The third-order valence-electron chi connectivity index (χ3n) is 1.20. The van der Waals surface area contributed by atoms with Crippen LogP contribution in [-0.2, 0) is 4.79 Å². The topological polar surface area (TPSA) is 66.4 Å². The quantitative estimate of drug-likeness (QED) is 0.503. The average molecular weight is 180 g/mol. The summed E-state index contributed by atoms with van der Waals surface area (Å²) in [6.07, 6.45) is 0. The largest absolute Gasteiger partial charge is 0.480 e. The van der Waals surface area contributed by atoms with Gasteiger partial charge in [0.1, 0.15) is 6.04 Å². The molecule has 0 aliphatic carbocycles. The Morgan fingerprint density at radius 3 is 2.00 bits per heavy atom. The SMILES string of the molecule is CC(C)[C@H](NC(=O)Cl)C(=O)O. The van der Waals surface area contributed by atoms with Gasteiger partial charge in [0.05, 0.1) is 0 Å². The molecule has 0 saturated carbocycles. The Morgan fingerprint density at radius 2 is 1.91 bits per heavy atom. The molecule has 0 rings (SSSR count). The van der Waals surface area contributed by atoms with Crippen LogP contribution in [0.25, 0.3) is 0 Å². The molecule has 11 heavy (non-hydrogen) atoms. The van der Waals surface area contributed by atoms with E-state index in [1.807, 2.05) is 0 Å². The van der Waals surface area contributed by atoms with E-state index < -0.39 is 17.4 Å². The van der Waals surface area contributed by atoms with Gasteiger partial charge >= 0.3 is 11.3 Å². The zero-order valence-corrected chi connectivity index (χ0v) is 7.05. The van der Waals surface area contributed by atoms with Crippen molar-refractivity contribution in [3.05, 3.63) is 0 Å². The number of nitrogens with one attached hydrogen (secondary N) is 1. The number of hydrogen-bond donors (Lipinski definition) is 2. The molecule has 0 aromatic rings. The average Bonchev–Trinajstić information content (AvgIpc) is 1.81. The molecule has 0 heterocycles. The molecule has 5 heteroatoms. The molecule has 0 aromatic carbocycles. The second-order valence-corrected chi connectivity index (χ2v) is 2.82. The van der Waals surface area contributed by atoms with Gasteiger partial charge in [0.2, 0.25) is 0 Å². The van der Waals surface area contributed by atoms with Crippen molar-refractivity contribution in [2.75, 3.05) is 0 Å². The number of carbonyl (C=O) groups excluding carboxylic acids is 1. The highest BCUT2D eigenvalue weighted by molar-refractivity contribution is 6.63. The van der Waals surface area contributed by atoms with E-state index in [1.54, 1.807) is 13.8 Å². The summed E-state index contributed by atoms with van der Waals surface area (Å²) in [4.78, 5) is 20.7. The van der Waals surface area contributed by atoms with E-state index >= 15 is 0 Å². The normalized spacial score (nSPS) is 12.7. The van der Waals surface area contributed by atoms with Crippen LogP contribution in [-0.4, -0.2) is 22.5 Å². The molecule has 0 aliphatic heterocycles. The molecule has 0 spiro atoms. The van der Waals surface area contributed by atoms with Crippen LogP contribution in [0.5, 0.6) is 0 Å². The molecule has 0 unspecified atom stereocenters. The number of hydrogen-bond acceptors (Lipinski definition) is 2. The molecule has 0 fully saturated rings. The Hall–Kier alpha value is -0.770. The van der Waals surface area contributed by atoms with Gasteiger partial charge in [-0.15, -0.1) is 0 Å². The molecule has 1 atom stereocenters. The zero-order chi connectivity index (χ0) is 9.02. The maximum atomic E-state index is 10.4. The van der Waals surface area contributed by atoms with Gasteiger partial charge in [-0.3, -0.25) is 4.79 Å². The molecular weight excluding hydrogens is 170 g/mol. The first-order chi connectivity index (χ1) is 4.95. The van der Waals surface area contributed by atoms with Crippen LogP contribution < -0.4 is 5.32 Å². The fraction of sp³-hybridized carbons (Fsp3) is 0.667. The maximum absolute atomic E-state index is 10.4. The Balaban J connectivity index is 4.12. The number of aliphatic carboxylic acids is 1. The predicted octanol–water partition coefficient (Wildman–Crippen LogP) is 1.04. The monoisotopic (exact) mass is 179 g/mol. The van der Waals surface area contributed by atoms with Crippen molar-refractivity contribution in [1.29, 1.82) is 0 Å². The van der Waals surface area contributed by atoms with Crippen LogP contribution >= 0.6 is 11.6 Å². The molecule has 0 saturated heterocycles. The summed E-state index contributed by atoms with van der Waals surface area (Å²) in [5.74, 6) is -1.25. The standard InChI is InChI=1S/C6H10ClNO3/c1-3(2)4(5(9)10)8-6(7)11/h3-4H,1-2H3,(H,8,11)(H,9,10)/t4-/m0/s1. The molecule has 4 nitrogen and oxygen atoms in total. The summed E-state index contributed by atoms with van der Waals surface area (Å²) in [7, 11) is 0. The number of carboxylic acid groups (broad SMARTS) is 1. The van der Waals surface area contributed by atoms with E-state index in [0.717, 1.165) is 0 Å². The van der Waals surface area contributed by atoms with Crippen LogP contribution in [0.15, 0.2) is 0 Å². The fourth-order valence-corrected chi connectivity index (χ4v) is 0.753. The second-order valence-electron chi connectivity index (χ2n) is 2.48. The van der Waals surface area contributed by atoms with Gasteiger partial charge < -0.3 is 10.4 Å². The number of rotatable bonds is 3. The summed E-state index contributed by atoms with van der Waals surface area (Å²) >= 11 is 4.95. The molecule has 2 N–H and O–H groups in total. The third-order valence-corrected chi connectivity index (χ3v) is 1.31. The summed E-state index contributed by atoms with van der Waals surface area (Å²) in [6, 6.07) is -0.903. The number of amides is 1. The van der Waals surface area contributed by atoms with Gasteiger partial charge in [0.15, 0.2) is 0 Å². The lowest BCUT2D eigenvalue weighted by molar-refractivity contribution is -0.140. The fourth-order valence-electron chi connectivity index (χ4n) is 0.636. The highest BCUT2D eigenvalue weighted by atomic mass is 35.5. The first-order valence-corrected chi connectivity index (χ1v) is 3.51. The van der Waals surface area contributed by atoms with Crippen molar-refractivity contribution in [3.8, 4) is 0 Å². The van der Waals surface area contributed by atoms with Crippen molar-refractivity contribution >= 4 is 22.9 Å². The Labute approximate surface area is 69.5 Å². The zero-order valence-electron chi connectivity index (χ0n) is 6.30. The lowest BCUT2D eigenvalue weighted by Crippen LogP contribution is -2.42. The van der Waals surface area contributed by atoms with Gasteiger partial charge in [-0.1, -0.05) is 13.8 Å². The van der Waals surface area contributed by atoms with Gasteiger partial charge in [-0.2, -0.15) is 0 Å². The highest BCUT2D eigenvalue weighted by Gasteiger charge is 2.22. The molecule has 0 bridgehead atoms. The van der Waals surface area contributed by atoms with Gasteiger partial charge in [0.25, 0.3) is 0 Å². The summed E-state index contributed by atoms with van der Waals surface area (Å²) < 4.78 is 0. The Kier molecular flexibility index (Phi) is 3.89. The van der Waals surface area contributed by atoms with E-state index in [4.69, 9.17) is 16.7 Å². The van der Waals surface area contributed by atoms with Crippen molar-refractivity contribution < 1.29 is 14.7 Å². The minimum Gasteiger partial charge on any atom is -0.480 e. The molecule has 1 amide bonds. The van der Waals surface area contributed by atoms with Gasteiger partial charge in [0, 0.05) is 0 Å². The van der Waals surface area contributed by atoms with Crippen LogP contribution in [0.3, 0.4) is 0 Å². The molecule has 0 radical (unpaired) electrons. The van der Waals surface area contributed by atoms with E-state index in [9.17, 15) is 9.59 Å². The van der Waals surface area contributed by atoms with E-state index in [1.165, 1.54) is 0 Å². The first kappa shape index (κ1) is 10.2. The van der Waals surface area contributed by atoms with Crippen molar-refractivity contribution in [2.45, 2.75) is 19.9 Å². The van der Waals surface area contributed by atoms with Crippen molar-refractivity contribution in [3.63, 3.8) is 0 Å². The number of halogens is 1. The van der Waals surface area contributed by atoms with Crippen molar-refractivity contribution in [1.82, 2.24) is 5.32 Å². The third kappa shape index (κ3) is 3.83. The van der Waals surface area contributed by atoms with E-state index in [2.05, 4.69) is 5.32 Å². The minimum atomic E-state index is -1.07. The second kappa shape index (κ2) is 4.18. The molecule has 0 aliphatic rings. The van der Waals surface area contributed by atoms with Crippen LogP contribution in [0.1, 0.15) is 13.8 Å². The van der Waals surface area contributed by atoms with Crippen molar-refractivity contribution in [2.24, 2.45) is 5.92 Å². The van der Waals surface area contributed by atoms with Crippen LogP contribution in [0.2, 0.25) is 0 Å². The predicted molar refractivity (Wildman–Crippen MR) is 40.6 cm³/mol. The van der Waals surface area contributed by atoms with Gasteiger partial charge in [-0.25, -0.2) is 4.79 Å². The maximum Gasteiger partial charge on any atom is 0.326 e. The highest BCUT2D eigenvalue weighted by Crippen LogP contribution is 2.01. The minimum absolute atomic E-state index is 0.171. The molecular formula is C6H10ClNO3. The van der Waals surface area contributed by atoms with E-state index in [-0.39, 0.29) is 5.92 Å². The van der Waals surface area contributed by atoms with Gasteiger partial charge in [-0.05, 0) is 17.5 Å². The smallest absolute Gasteiger partial charge is 0.326 e. The number of carbonyl (C=O) groups is 2. The lowest BCUT2D eigenvalue weighted by atomic mass is 10.1. The van der Waals surface area contributed by atoms with Crippen LogP contribution in [0, 0.1) is 5.92 Å². The first-order valence-electron chi connectivity index (χ1n) is 3.14. The Bertz CT molecular complexity index is 169. The molecule has 0 aromatic heterocycles. The number of carboxylic acids is 1. The summed E-state index contributed by atoms with van der Waals surface area (Å²) in [5, 5.41) is 9.78.